The summed E-state index contributed by atoms with van der Waals surface area (Å²) in [6.45, 7) is -0.458. The Bertz CT molecular complexity index is 492. The van der Waals surface area contributed by atoms with Gasteiger partial charge >= 0.3 is 0 Å². The monoisotopic (exact) mass is 221 g/mol. The number of benzene rings is 1. The number of rotatable bonds is 2. The summed E-state index contributed by atoms with van der Waals surface area (Å²) in [6.07, 6.45) is 0. The molecule has 1 aromatic heterocycles. The van der Waals surface area contributed by atoms with Crippen LogP contribution in [0, 0.1) is 0 Å². The first kappa shape index (κ1) is 10.1. The van der Waals surface area contributed by atoms with Crippen molar-refractivity contribution in [2.75, 3.05) is 18.6 Å². The summed E-state index contributed by atoms with van der Waals surface area (Å²) in [5, 5.41) is 11.8. The molecule has 0 spiro atoms. The molecule has 1 aromatic carbocycles. The second-order valence-electron chi connectivity index (χ2n) is 3.23. The number of likely N-dealkylation sites (N-methyl/N-ethyl adjacent to an activating group) is 1. The van der Waals surface area contributed by atoms with Crippen molar-refractivity contribution in [2.24, 2.45) is 0 Å². The van der Waals surface area contributed by atoms with E-state index < -0.39 is 6.61 Å². The third-order valence-electron chi connectivity index (χ3n) is 2.33. The van der Waals surface area contributed by atoms with E-state index in [1.165, 1.54) is 4.90 Å². The fraction of sp³-hybridized carbons (Fsp3) is 0.182. The summed E-state index contributed by atoms with van der Waals surface area (Å²) >= 11 is 1.59. The molecule has 1 amide bonds. The van der Waals surface area contributed by atoms with E-state index >= 15 is 0 Å². The number of thiophene rings is 1. The molecule has 0 atom stereocenters. The van der Waals surface area contributed by atoms with Crippen LogP contribution in [0.15, 0.2) is 29.6 Å². The molecule has 1 heterocycles. The predicted molar refractivity (Wildman–Crippen MR) is 62.3 cm³/mol. The Labute approximate surface area is 91.6 Å². The Hall–Kier alpha value is -1.39. The third kappa shape index (κ3) is 1.73. The van der Waals surface area contributed by atoms with Crippen molar-refractivity contribution >= 4 is 33.0 Å². The van der Waals surface area contributed by atoms with Crippen LogP contribution in [0.5, 0.6) is 0 Å². The van der Waals surface area contributed by atoms with Crippen molar-refractivity contribution < 1.29 is 9.90 Å². The fourth-order valence-corrected chi connectivity index (χ4v) is 2.44. The number of carbonyl (C=O) groups is 1. The lowest BCUT2D eigenvalue weighted by molar-refractivity contribution is -0.120. The number of aliphatic hydroxyl groups is 1. The van der Waals surface area contributed by atoms with E-state index in [0.717, 1.165) is 15.8 Å². The van der Waals surface area contributed by atoms with Gasteiger partial charge in [0.15, 0.2) is 0 Å². The number of carbonyl (C=O) groups excluding carboxylic acids is 1. The first-order valence-electron chi connectivity index (χ1n) is 4.57. The molecule has 0 fully saturated rings. The zero-order chi connectivity index (χ0) is 10.8. The zero-order valence-electron chi connectivity index (χ0n) is 8.30. The summed E-state index contributed by atoms with van der Waals surface area (Å²) in [7, 11) is 1.67. The van der Waals surface area contributed by atoms with Crippen LogP contribution in [0.25, 0.3) is 10.1 Å². The molecule has 15 heavy (non-hydrogen) atoms. The number of amides is 1. The standard InChI is InChI=1S/C11H11NO2S/c1-12(11(14)6-13)9-7-15-10-5-3-2-4-8(9)10/h2-5,7,13H,6H2,1H3. The molecule has 0 bridgehead atoms. The lowest BCUT2D eigenvalue weighted by Crippen LogP contribution is -2.28. The van der Waals surface area contributed by atoms with E-state index in [9.17, 15) is 4.79 Å². The van der Waals surface area contributed by atoms with Crippen molar-refractivity contribution in [1.82, 2.24) is 0 Å². The maximum atomic E-state index is 11.3. The Kier molecular flexibility index (Phi) is 2.70. The molecule has 0 radical (unpaired) electrons. The average molecular weight is 221 g/mol. The average Bonchev–Trinajstić information content (AvgIpc) is 2.70. The van der Waals surface area contributed by atoms with E-state index in [-0.39, 0.29) is 5.91 Å². The molecule has 0 saturated heterocycles. The van der Waals surface area contributed by atoms with Gasteiger partial charge in [0.05, 0.1) is 5.69 Å². The highest BCUT2D eigenvalue weighted by Gasteiger charge is 2.13. The minimum Gasteiger partial charge on any atom is -0.387 e. The van der Waals surface area contributed by atoms with Gasteiger partial charge in [-0.2, -0.15) is 0 Å². The van der Waals surface area contributed by atoms with Crippen LogP contribution in [-0.4, -0.2) is 24.7 Å². The van der Waals surface area contributed by atoms with Gasteiger partial charge in [-0.3, -0.25) is 4.79 Å². The maximum absolute atomic E-state index is 11.3. The van der Waals surface area contributed by atoms with Gasteiger partial charge in [0.25, 0.3) is 5.91 Å². The van der Waals surface area contributed by atoms with Crippen LogP contribution in [0.4, 0.5) is 5.69 Å². The van der Waals surface area contributed by atoms with Gasteiger partial charge in [-0.25, -0.2) is 0 Å². The molecule has 2 rings (SSSR count). The molecular formula is C11H11NO2S. The van der Waals surface area contributed by atoms with Gasteiger partial charge in [-0.05, 0) is 6.07 Å². The van der Waals surface area contributed by atoms with Gasteiger partial charge in [0, 0.05) is 22.5 Å². The normalized spacial score (nSPS) is 10.5. The van der Waals surface area contributed by atoms with Crippen molar-refractivity contribution in [2.45, 2.75) is 0 Å². The molecule has 0 unspecified atom stereocenters. The maximum Gasteiger partial charge on any atom is 0.252 e. The van der Waals surface area contributed by atoms with Crippen LogP contribution in [-0.2, 0) is 4.79 Å². The van der Waals surface area contributed by atoms with Crippen LogP contribution < -0.4 is 4.90 Å². The Morgan fingerprint density at radius 3 is 2.93 bits per heavy atom. The highest BCUT2D eigenvalue weighted by Crippen LogP contribution is 2.32. The number of aliphatic hydroxyl groups excluding tert-OH is 1. The highest BCUT2D eigenvalue weighted by atomic mass is 32.1. The van der Waals surface area contributed by atoms with Gasteiger partial charge in [0.1, 0.15) is 6.61 Å². The van der Waals surface area contributed by atoms with Gasteiger partial charge < -0.3 is 10.0 Å². The lowest BCUT2D eigenvalue weighted by atomic mass is 10.2. The minimum atomic E-state index is -0.458. The number of fused-ring (bicyclic) bond motifs is 1. The molecule has 3 nitrogen and oxygen atoms in total. The zero-order valence-corrected chi connectivity index (χ0v) is 9.12. The van der Waals surface area contributed by atoms with Crippen LogP contribution in [0.2, 0.25) is 0 Å². The largest absolute Gasteiger partial charge is 0.387 e. The Morgan fingerprint density at radius 1 is 1.47 bits per heavy atom. The van der Waals surface area contributed by atoms with Gasteiger partial charge in [-0.1, -0.05) is 18.2 Å². The topological polar surface area (TPSA) is 40.5 Å². The Morgan fingerprint density at radius 2 is 2.20 bits per heavy atom. The van der Waals surface area contributed by atoms with E-state index in [1.807, 2.05) is 29.6 Å². The number of hydrogen-bond acceptors (Lipinski definition) is 3. The molecule has 2 aromatic rings. The molecular weight excluding hydrogens is 210 g/mol. The summed E-state index contributed by atoms with van der Waals surface area (Å²) in [5.41, 5.74) is 0.856. The van der Waals surface area contributed by atoms with E-state index in [1.54, 1.807) is 18.4 Å². The first-order valence-corrected chi connectivity index (χ1v) is 5.45. The molecule has 0 aliphatic rings. The summed E-state index contributed by atoms with van der Waals surface area (Å²) < 4.78 is 1.14. The highest BCUT2D eigenvalue weighted by molar-refractivity contribution is 7.17. The van der Waals surface area contributed by atoms with Crippen molar-refractivity contribution in [1.29, 1.82) is 0 Å². The van der Waals surface area contributed by atoms with Gasteiger partial charge in [-0.15, -0.1) is 11.3 Å². The minimum absolute atomic E-state index is 0.293. The molecule has 78 valence electrons. The summed E-state index contributed by atoms with van der Waals surface area (Å²) in [4.78, 5) is 12.8. The van der Waals surface area contributed by atoms with Gasteiger partial charge in [0.2, 0.25) is 0 Å². The van der Waals surface area contributed by atoms with E-state index in [0.29, 0.717) is 0 Å². The SMILES string of the molecule is CN(C(=O)CO)c1csc2ccccc12. The van der Waals surface area contributed by atoms with Crippen molar-refractivity contribution in [3.05, 3.63) is 29.6 Å². The quantitative estimate of drug-likeness (QED) is 0.840. The van der Waals surface area contributed by atoms with Crippen LogP contribution in [0.1, 0.15) is 0 Å². The molecule has 4 heteroatoms. The molecule has 1 N–H and O–H groups in total. The second-order valence-corrected chi connectivity index (χ2v) is 4.14. The molecule has 0 saturated carbocycles. The first-order chi connectivity index (χ1) is 7.24. The predicted octanol–water partition coefficient (Wildman–Crippen LogP) is 1.86. The fourth-order valence-electron chi connectivity index (χ4n) is 1.46. The van der Waals surface area contributed by atoms with E-state index in [4.69, 9.17) is 5.11 Å². The smallest absolute Gasteiger partial charge is 0.252 e. The number of anilines is 1. The van der Waals surface area contributed by atoms with Crippen LogP contribution in [0.3, 0.4) is 0 Å². The van der Waals surface area contributed by atoms with Crippen molar-refractivity contribution in [3.8, 4) is 0 Å². The number of nitrogens with zero attached hydrogens (tertiary/aromatic N) is 1. The van der Waals surface area contributed by atoms with E-state index in [2.05, 4.69) is 0 Å². The lowest BCUT2D eigenvalue weighted by Gasteiger charge is -2.14. The summed E-state index contributed by atoms with van der Waals surface area (Å²) in [6, 6.07) is 7.90. The van der Waals surface area contributed by atoms with Crippen LogP contribution >= 0.6 is 11.3 Å². The van der Waals surface area contributed by atoms with Crippen molar-refractivity contribution in [3.63, 3.8) is 0 Å². The number of hydrogen-bond donors (Lipinski definition) is 1. The summed E-state index contributed by atoms with van der Waals surface area (Å²) in [5.74, 6) is -0.293. The second kappa shape index (κ2) is 4.00. The third-order valence-corrected chi connectivity index (χ3v) is 3.28. The molecule has 0 aliphatic carbocycles. The molecule has 0 aliphatic heterocycles. The Balaban J connectivity index is 2.48.